The van der Waals surface area contributed by atoms with E-state index in [0.29, 0.717) is 11.8 Å². The average Bonchev–Trinajstić information content (AvgIpc) is 3.00. The molecule has 3 rings (SSSR count). The Balaban J connectivity index is 1.60. The van der Waals surface area contributed by atoms with Gasteiger partial charge in [-0.3, -0.25) is 0 Å². The Bertz CT molecular complexity index is 372. The molecule has 2 aliphatic rings. The first-order chi connectivity index (χ1) is 8.31. The smallest absolute Gasteiger partial charge is 0.231 e. The molecule has 0 spiro atoms. The SMILES string of the molecule is CN1CCC(Cc2noc(C3CCNC3)n2)C1. The topological polar surface area (TPSA) is 54.2 Å². The predicted molar refractivity (Wildman–Crippen MR) is 63.8 cm³/mol. The molecule has 0 amide bonds. The summed E-state index contributed by atoms with van der Waals surface area (Å²) in [5, 5.41) is 7.44. The number of hydrogen-bond donors (Lipinski definition) is 1. The summed E-state index contributed by atoms with van der Waals surface area (Å²) in [5.74, 6) is 2.86. The largest absolute Gasteiger partial charge is 0.339 e. The van der Waals surface area contributed by atoms with Crippen molar-refractivity contribution in [1.29, 1.82) is 0 Å². The van der Waals surface area contributed by atoms with Crippen LogP contribution in [0.15, 0.2) is 4.52 Å². The molecule has 17 heavy (non-hydrogen) atoms. The summed E-state index contributed by atoms with van der Waals surface area (Å²) < 4.78 is 5.37. The average molecular weight is 236 g/mol. The van der Waals surface area contributed by atoms with Gasteiger partial charge in [0.1, 0.15) is 0 Å². The summed E-state index contributed by atoms with van der Waals surface area (Å²) in [6.45, 7) is 4.40. The monoisotopic (exact) mass is 236 g/mol. The van der Waals surface area contributed by atoms with Crippen molar-refractivity contribution in [3.8, 4) is 0 Å². The molecular weight excluding hydrogens is 216 g/mol. The number of nitrogens with one attached hydrogen (secondary N) is 1. The highest BCUT2D eigenvalue weighted by Gasteiger charge is 2.25. The van der Waals surface area contributed by atoms with Crippen LogP contribution in [0.3, 0.4) is 0 Å². The maximum Gasteiger partial charge on any atom is 0.231 e. The first-order valence-electron chi connectivity index (χ1n) is 6.53. The number of nitrogens with zero attached hydrogens (tertiary/aromatic N) is 3. The second kappa shape index (κ2) is 4.74. The lowest BCUT2D eigenvalue weighted by molar-refractivity contribution is 0.350. The number of hydrogen-bond acceptors (Lipinski definition) is 5. The Labute approximate surface area is 102 Å². The molecule has 2 atom stereocenters. The van der Waals surface area contributed by atoms with Crippen LogP contribution >= 0.6 is 0 Å². The fourth-order valence-electron chi connectivity index (χ4n) is 2.83. The quantitative estimate of drug-likeness (QED) is 0.834. The summed E-state index contributed by atoms with van der Waals surface area (Å²) in [6.07, 6.45) is 3.34. The third-order valence-corrected chi connectivity index (χ3v) is 3.85. The van der Waals surface area contributed by atoms with Gasteiger partial charge in [-0.2, -0.15) is 4.98 Å². The van der Waals surface area contributed by atoms with E-state index >= 15 is 0 Å². The molecule has 1 aromatic heterocycles. The van der Waals surface area contributed by atoms with Gasteiger partial charge < -0.3 is 14.7 Å². The predicted octanol–water partition coefficient (Wildman–Crippen LogP) is 0.641. The molecule has 1 N–H and O–H groups in total. The van der Waals surface area contributed by atoms with Gasteiger partial charge in [0.15, 0.2) is 5.82 Å². The first kappa shape index (κ1) is 11.2. The van der Waals surface area contributed by atoms with Gasteiger partial charge in [-0.25, -0.2) is 0 Å². The summed E-state index contributed by atoms with van der Waals surface area (Å²) in [4.78, 5) is 6.91. The van der Waals surface area contributed by atoms with Crippen LogP contribution in [0, 0.1) is 5.92 Å². The fraction of sp³-hybridized carbons (Fsp3) is 0.833. The second-order valence-corrected chi connectivity index (χ2v) is 5.36. The standard InChI is InChI=1S/C12H20N4O/c1-16-5-3-9(8-16)6-11-14-12(17-15-11)10-2-4-13-7-10/h9-10,13H,2-8H2,1H3. The van der Waals surface area contributed by atoms with Crippen LogP contribution < -0.4 is 5.32 Å². The van der Waals surface area contributed by atoms with E-state index in [-0.39, 0.29) is 0 Å². The van der Waals surface area contributed by atoms with Crippen molar-refractivity contribution >= 4 is 0 Å². The second-order valence-electron chi connectivity index (χ2n) is 5.36. The van der Waals surface area contributed by atoms with Gasteiger partial charge >= 0.3 is 0 Å². The summed E-state index contributed by atoms with van der Waals surface area (Å²) >= 11 is 0. The normalized spacial score (nSPS) is 30.2. The minimum atomic E-state index is 0.433. The minimum absolute atomic E-state index is 0.433. The molecule has 0 bridgehead atoms. The zero-order valence-corrected chi connectivity index (χ0v) is 10.4. The number of aromatic nitrogens is 2. The van der Waals surface area contributed by atoms with Gasteiger partial charge in [-0.1, -0.05) is 5.16 Å². The van der Waals surface area contributed by atoms with Crippen LogP contribution in [0.25, 0.3) is 0 Å². The van der Waals surface area contributed by atoms with Gasteiger partial charge in [-0.05, 0) is 38.9 Å². The highest BCUT2D eigenvalue weighted by Crippen LogP contribution is 2.22. The van der Waals surface area contributed by atoms with Gasteiger partial charge in [0.2, 0.25) is 5.89 Å². The first-order valence-corrected chi connectivity index (χ1v) is 6.53. The Hall–Kier alpha value is -0.940. The third-order valence-electron chi connectivity index (χ3n) is 3.85. The molecule has 94 valence electrons. The van der Waals surface area contributed by atoms with Crippen molar-refractivity contribution in [2.24, 2.45) is 5.92 Å². The molecule has 3 heterocycles. The maximum atomic E-state index is 5.37. The third kappa shape index (κ3) is 2.50. The van der Waals surface area contributed by atoms with Crippen LogP contribution in [-0.2, 0) is 6.42 Å². The van der Waals surface area contributed by atoms with Crippen LogP contribution in [0.2, 0.25) is 0 Å². The van der Waals surface area contributed by atoms with Crippen LogP contribution in [-0.4, -0.2) is 48.3 Å². The van der Waals surface area contributed by atoms with Crippen LogP contribution in [0.5, 0.6) is 0 Å². The Kier molecular flexibility index (Phi) is 3.11. The molecule has 5 heteroatoms. The summed E-state index contributed by atoms with van der Waals surface area (Å²) in [6, 6.07) is 0. The molecule has 5 nitrogen and oxygen atoms in total. The zero-order valence-electron chi connectivity index (χ0n) is 10.4. The number of rotatable bonds is 3. The van der Waals surface area contributed by atoms with E-state index in [4.69, 9.17) is 4.52 Å². The Morgan fingerprint density at radius 2 is 2.41 bits per heavy atom. The molecular formula is C12H20N4O. The molecule has 2 fully saturated rings. The van der Waals surface area contributed by atoms with Gasteiger partial charge in [0.05, 0.1) is 5.92 Å². The Morgan fingerprint density at radius 3 is 3.12 bits per heavy atom. The highest BCUT2D eigenvalue weighted by atomic mass is 16.5. The minimum Gasteiger partial charge on any atom is -0.339 e. The fourth-order valence-corrected chi connectivity index (χ4v) is 2.83. The van der Waals surface area contributed by atoms with E-state index in [1.165, 1.54) is 13.0 Å². The van der Waals surface area contributed by atoms with E-state index in [9.17, 15) is 0 Å². The molecule has 0 saturated carbocycles. The number of likely N-dealkylation sites (tertiary alicyclic amines) is 1. The van der Waals surface area contributed by atoms with E-state index in [0.717, 1.165) is 44.2 Å². The van der Waals surface area contributed by atoms with E-state index in [1.54, 1.807) is 0 Å². The van der Waals surface area contributed by atoms with Crippen LogP contribution in [0.4, 0.5) is 0 Å². The van der Waals surface area contributed by atoms with E-state index < -0.39 is 0 Å². The lowest BCUT2D eigenvalue weighted by atomic mass is 10.0. The maximum absolute atomic E-state index is 5.37. The van der Waals surface area contributed by atoms with Crippen LogP contribution in [0.1, 0.15) is 30.5 Å². The molecule has 2 aliphatic heterocycles. The van der Waals surface area contributed by atoms with Crippen molar-refractivity contribution in [2.45, 2.75) is 25.2 Å². The van der Waals surface area contributed by atoms with Crippen molar-refractivity contribution in [1.82, 2.24) is 20.4 Å². The zero-order chi connectivity index (χ0) is 11.7. The molecule has 2 unspecified atom stereocenters. The Morgan fingerprint density at radius 1 is 1.47 bits per heavy atom. The molecule has 0 radical (unpaired) electrons. The van der Waals surface area contributed by atoms with Gasteiger partial charge in [0.25, 0.3) is 0 Å². The molecule has 2 saturated heterocycles. The van der Waals surface area contributed by atoms with Crippen molar-refractivity contribution in [2.75, 3.05) is 33.2 Å². The van der Waals surface area contributed by atoms with Gasteiger partial charge in [0, 0.05) is 19.5 Å². The van der Waals surface area contributed by atoms with Crippen molar-refractivity contribution < 1.29 is 4.52 Å². The van der Waals surface area contributed by atoms with Crippen molar-refractivity contribution in [3.05, 3.63) is 11.7 Å². The molecule has 1 aromatic rings. The lowest BCUT2D eigenvalue weighted by Crippen LogP contribution is -2.15. The van der Waals surface area contributed by atoms with Gasteiger partial charge in [-0.15, -0.1) is 0 Å². The molecule has 0 aliphatic carbocycles. The van der Waals surface area contributed by atoms with E-state index in [1.807, 2.05) is 0 Å². The lowest BCUT2D eigenvalue weighted by Gasteiger charge is -2.07. The molecule has 0 aromatic carbocycles. The summed E-state index contributed by atoms with van der Waals surface area (Å²) in [7, 11) is 2.17. The van der Waals surface area contributed by atoms with E-state index in [2.05, 4.69) is 27.4 Å². The van der Waals surface area contributed by atoms with Crippen molar-refractivity contribution in [3.63, 3.8) is 0 Å². The highest BCUT2D eigenvalue weighted by molar-refractivity contribution is 4.99. The summed E-state index contributed by atoms with van der Waals surface area (Å²) in [5.41, 5.74) is 0.